The molecule has 62 valence electrons. The minimum Gasteiger partial charge on any atom is -0.171 e. The predicted octanol–water partition coefficient (Wildman–Crippen LogP) is -0.258. The predicted molar refractivity (Wildman–Crippen MR) is 47.0 cm³/mol. The van der Waals surface area contributed by atoms with Gasteiger partial charge in [0.2, 0.25) is 0 Å². The Morgan fingerprint density at radius 1 is 1.30 bits per heavy atom. The Balaban J connectivity index is 3.04. The lowest BCUT2D eigenvalue weighted by molar-refractivity contribution is -0.130. The van der Waals surface area contributed by atoms with Gasteiger partial charge in [-0.1, -0.05) is 12.6 Å². The van der Waals surface area contributed by atoms with E-state index in [1.54, 1.807) is 0 Å². The fourth-order valence-corrected chi connectivity index (χ4v) is 13.2. The van der Waals surface area contributed by atoms with Gasteiger partial charge in [0.25, 0.3) is 0 Å². The molecule has 0 N–H and O–H groups in total. The molecule has 0 aliphatic heterocycles. The number of hydrogen-bond acceptors (Lipinski definition) is 0. The maximum absolute atomic E-state index is 11.5. The Bertz CT molecular complexity index is 82.3. The van der Waals surface area contributed by atoms with Crippen molar-refractivity contribution in [2.24, 2.45) is 0 Å². The zero-order chi connectivity index (χ0) is 8.04. The summed E-state index contributed by atoms with van der Waals surface area (Å²) in [6, 6.07) is 0.524. The smallest absolute Gasteiger partial charge is 0.171 e. The minimum absolute atomic E-state index is 0.131. The first kappa shape index (κ1) is 10.4. The molecule has 0 atom stereocenters. The molecule has 0 heterocycles. The largest absolute Gasteiger partial charge is 0.388 e. The molecule has 0 radical (unpaired) electrons. The fraction of sp³-hybridized carbons (Fsp3) is 1.00. The van der Waals surface area contributed by atoms with Crippen molar-refractivity contribution in [3.05, 3.63) is 0 Å². The maximum atomic E-state index is 11.5. The highest BCUT2D eigenvalue weighted by molar-refractivity contribution is 7.29. The lowest BCUT2D eigenvalue weighted by Crippen LogP contribution is -2.14. The first-order valence-corrected chi connectivity index (χ1v) is 14.0. The SMILES string of the molecule is C[SiH2][SiH2][SiH2]CCC(F)(F)F. The van der Waals surface area contributed by atoms with Gasteiger partial charge in [-0.3, -0.25) is 0 Å². The van der Waals surface area contributed by atoms with Gasteiger partial charge in [0.1, 0.15) is 0 Å². The Morgan fingerprint density at radius 2 is 1.90 bits per heavy atom. The third kappa shape index (κ3) is 8.44. The van der Waals surface area contributed by atoms with Crippen molar-refractivity contribution in [1.82, 2.24) is 0 Å². The van der Waals surface area contributed by atoms with Gasteiger partial charge in [-0.05, 0) is 8.55 Å². The van der Waals surface area contributed by atoms with Crippen molar-refractivity contribution in [3.63, 3.8) is 0 Å². The molecule has 0 aliphatic rings. The van der Waals surface area contributed by atoms with Gasteiger partial charge >= 0.3 is 6.18 Å². The van der Waals surface area contributed by atoms with Crippen LogP contribution in [-0.2, 0) is 0 Å². The lowest BCUT2D eigenvalue weighted by Gasteiger charge is -2.03. The van der Waals surface area contributed by atoms with Crippen LogP contribution in [0.3, 0.4) is 0 Å². The summed E-state index contributed by atoms with van der Waals surface area (Å²) in [6.07, 6.45) is -4.38. The van der Waals surface area contributed by atoms with Gasteiger partial charge in [0.15, 0.2) is 0 Å². The number of alkyl halides is 3. The lowest BCUT2D eigenvalue weighted by atomic mass is 10.5. The van der Waals surface area contributed by atoms with Crippen LogP contribution in [0.15, 0.2) is 0 Å². The fourth-order valence-electron chi connectivity index (χ4n) is 0.752. The molecular formula is C4H13F3Si3. The van der Waals surface area contributed by atoms with E-state index in [2.05, 4.69) is 6.55 Å². The molecule has 0 unspecified atom stereocenters. The van der Waals surface area contributed by atoms with Gasteiger partial charge in [0, 0.05) is 24.5 Å². The summed E-state index contributed by atoms with van der Waals surface area (Å²) >= 11 is 0. The van der Waals surface area contributed by atoms with Crippen molar-refractivity contribution >= 4 is 26.6 Å². The van der Waals surface area contributed by atoms with Crippen molar-refractivity contribution in [3.8, 4) is 0 Å². The molecular weight excluding hydrogens is 189 g/mol. The van der Waals surface area contributed by atoms with E-state index in [0.717, 1.165) is 0 Å². The number of rotatable bonds is 4. The summed E-state index contributed by atoms with van der Waals surface area (Å²) < 4.78 is 34.6. The molecule has 0 aromatic rings. The second-order valence-corrected chi connectivity index (χ2v) is 19.2. The summed E-state index contributed by atoms with van der Waals surface area (Å²) in [5.74, 6) is 0. The summed E-state index contributed by atoms with van der Waals surface area (Å²) in [5, 5.41) is 0. The Morgan fingerprint density at radius 3 is 2.30 bits per heavy atom. The van der Waals surface area contributed by atoms with E-state index in [9.17, 15) is 13.2 Å². The van der Waals surface area contributed by atoms with E-state index >= 15 is 0 Å². The van der Waals surface area contributed by atoms with Crippen LogP contribution < -0.4 is 0 Å². The van der Waals surface area contributed by atoms with Crippen LogP contribution in [0.4, 0.5) is 13.2 Å². The van der Waals surface area contributed by atoms with E-state index in [4.69, 9.17) is 0 Å². The molecule has 0 aliphatic carbocycles. The highest BCUT2D eigenvalue weighted by Gasteiger charge is 2.25. The number of hydrogen-bond donors (Lipinski definition) is 0. The standard InChI is InChI=1S/C4H13F3Si3/c1-8-10-9-3-2-4(5,6)7/h2-3,8-10H2,1H3. The van der Waals surface area contributed by atoms with E-state index in [-0.39, 0.29) is 26.6 Å². The van der Waals surface area contributed by atoms with Gasteiger partial charge < -0.3 is 0 Å². The summed E-state index contributed by atoms with van der Waals surface area (Å²) in [6.45, 7) is 2.22. The zero-order valence-corrected chi connectivity index (χ0v) is 10.4. The van der Waals surface area contributed by atoms with Crippen molar-refractivity contribution < 1.29 is 13.2 Å². The van der Waals surface area contributed by atoms with Gasteiger partial charge in [-0.25, -0.2) is 0 Å². The molecule has 0 aromatic heterocycles. The molecule has 0 fully saturated rings. The van der Waals surface area contributed by atoms with Crippen LogP contribution in [0.1, 0.15) is 6.42 Å². The highest BCUT2D eigenvalue weighted by Crippen LogP contribution is 2.20. The van der Waals surface area contributed by atoms with Crippen LogP contribution in [-0.4, -0.2) is 32.8 Å². The van der Waals surface area contributed by atoms with Crippen LogP contribution >= 0.6 is 0 Å². The normalized spacial score (nSPS) is 15.6. The third-order valence-corrected chi connectivity index (χ3v) is 19.4. The first-order valence-electron chi connectivity index (χ1n) is 3.63. The summed E-state index contributed by atoms with van der Waals surface area (Å²) in [7, 11) is 0.126. The monoisotopic (exact) mass is 202 g/mol. The molecule has 0 saturated heterocycles. The van der Waals surface area contributed by atoms with Crippen LogP contribution in [0.5, 0.6) is 0 Å². The topological polar surface area (TPSA) is 0 Å². The third-order valence-electron chi connectivity index (χ3n) is 1.31. The van der Waals surface area contributed by atoms with Crippen LogP contribution in [0, 0.1) is 0 Å². The highest BCUT2D eigenvalue weighted by atomic mass is 29.5. The molecule has 0 saturated carbocycles. The maximum Gasteiger partial charge on any atom is 0.388 e. The van der Waals surface area contributed by atoms with Gasteiger partial charge in [-0.2, -0.15) is 13.2 Å². The average Bonchev–Trinajstić information content (AvgIpc) is 1.78. The van der Waals surface area contributed by atoms with Crippen LogP contribution in [0.2, 0.25) is 12.6 Å². The quantitative estimate of drug-likeness (QED) is 0.435. The average molecular weight is 202 g/mol. The van der Waals surface area contributed by atoms with Crippen LogP contribution in [0.25, 0.3) is 0 Å². The van der Waals surface area contributed by atoms with E-state index in [1.807, 2.05) is 0 Å². The molecule has 0 nitrogen and oxygen atoms in total. The molecule has 0 spiro atoms. The summed E-state index contributed by atoms with van der Waals surface area (Å²) in [4.78, 5) is 0. The van der Waals surface area contributed by atoms with Crippen molar-refractivity contribution in [2.45, 2.75) is 25.2 Å². The molecule has 10 heavy (non-hydrogen) atoms. The second-order valence-electron chi connectivity index (χ2n) is 2.43. The minimum atomic E-state index is -3.88. The Labute approximate surface area is 65.6 Å². The molecule has 0 amide bonds. The second kappa shape index (κ2) is 5.14. The first-order chi connectivity index (χ1) is 4.56. The molecule has 6 heteroatoms. The van der Waals surface area contributed by atoms with Gasteiger partial charge in [-0.15, -0.1) is 0 Å². The van der Waals surface area contributed by atoms with Crippen molar-refractivity contribution in [1.29, 1.82) is 0 Å². The Hall–Kier alpha value is 0.441. The molecule has 0 rings (SSSR count). The van der Waals surface area contributed by atoms with E-state index in [1.165, 1.54) is 0 Å². The van der Waals surface area contributed by atoms with Gasteiger partial charge in [0.05, 0.1) is 0 Å². The zero-order valence-electron chi connectivity index (χ0n) is 6.17. The van der Waals surface area contributed by atoms with Crippen molar-refractivity contribution in [2.75, 3.05) is 0 Å². The molecule has 0 bridgehead atoms. The summed E-state index contributed by atoms with van der Waals surface area (Å²) in [5.41, 5.74) is 0. The Kier molecular flexibility index (Phi) is 5.37. The van der Waals surface area contributed by atoms with E-state index < -0.39 is 12.6 Å². The molecule has 0 aromatic carbocycles. The van der Waals surface area contributed by atoms with E-state index in [0.29, 0.717) is 6.04 Å². The number of halogens is 3.